The van der Waals surface area contributed by atoms with Gasteiger partial charge in [0.2, 0.25) is 0 Å². The molecule has 6 heteroatoms. The number of carbonyl (C=O) groups excluding carboxylic acids is 1. The molecule has 0 aliphatic carbocycles. The van der Waals surface area contributed by atoms with Gasteiger partial charge in [-0.05, 0) is 31.2 Å². The molecule has 6 nitrogen and oxygen atoms in total. The first-order valence-electron chi connectivity index (χ1n) is 5.96. The lowest BCUT2D eigenvalue weighted by Gasteiger charge is -2.08. The number of ether oxygens (including phenoxy) is 2. The summed E-state index contributed by atoms with van der Waals surface area (Å²) in [4.78, 5) is 21.6. The number of hydrogen-bond acceptors (Lipinski definition) is 4. The van der Waals surface area contributed by atoms with Crippen molar-refractivity contribution in [2.45, 2.75) is 13.3 Å². The van der Waals surface area contributed by atoms with Crippen LogP contribution in [0, 0.1) is 0 Å². The van der Waals surface area contributed by atoms with Gasteiger partial charge in [0, 0.05) is 6.54 Å². The minimum atomic E-state index is -0.951. The maximum atomic E-state index is 11.3. The number of aliphatic carboxylic acids is 1. The second-order valence-electron chi connectivity index (χ2n) is 3.69. The lowest BCUT2D eigenvalue weighted by atomic mass is 10.3. The fraction of sp³-hybridized carbons (Fsp3) is 0.385. The van der Waals surface area contributed by atoms with E-state index in [1.165, 1.54) is 0 Å². The average molecular weight is 267 g/mol. The smallest absolute Gasteiger partial charge is 0.305 e. The highest BCUT2D eigenvalue weighted by atomic mass is 16.5. The van der Waals surface area contributed by atoms with E-state index in [4.69, 9.17) is 14.6 Å². The van der Waals surface area contributed by atoms with Crippen LogP contribution in [0.2, 0.25) is 0 Å². The number of rotatable bonds is 8. The van der Waals surface area contributed by atoms with E-state index in [1.807, 2.05) is 6.92 Å². The maximum absolute atomic E-state index is 11.3. The SMILES string of the molecule is CCOc1ccc(OCC(=O)NCCC(=O)O)cc1. The first kappa shape index (κ1) is 14.8. The molecule has 0 aliphatic heterocycles. The van der Waals surface area contributed by atoms with Crippen LogP contribution in [0.4, 0.5) is 0 Å². The number of carbonyl (C=O) groups is 2. The van der Waals surface area contributed by atoms with Crippen LogP contribution in [0.15, 0.2) is 24.3 Å². The first-order valence-corrected chi connectivity index (χ1v) is 5.96. The first-order chi connectivity index (χ1) is 9.11. The number of carboxylic acids is 1. The highest BCUT2D eigenvalue weighted by Crippen LogP contribution is 2.17. The summed E-state index contributed by atoms with van der Waals surface area (Å²) in [6.45, 7) is 2.44. The zero-order valence-corrected chi connectivity index (χ0v) is 10.7. The maximum Gasteiger partial charge on any atom is 0.305 e. The molecule has 104 valence electrons. The molecular weight excluding hydrogens is 250 g/mol. The fourth-order valence-electron chi connectivity index (χ4n) is 1.31. The van der Waals surface area contributed by atoms with Crippen molar-refractivity contribution in [3.8, 4) is 11.5 Å². The van der Waals surface area contributed by atoms with Crippen LogP contribution in [-0.2, 0) is 9.59 Å². The van der Waals surface area contributed by atoms with Gasteiger partial charge in [-0.2, -0.15) is 0 Å². The van der Waals surface area contributed by atoms with Gasteiger partial charge in [-0.3, -0.25) is 9.59 Å². The van der Waals surface area contributed by atoms with Gasteiger partial charge in [0.15, 0.2) is 6.61 Å². The third kappa shape index (κ3) is 6.30. The summed E-state index contributed by atoms with van der Waals surface area (Å²) in [5.41, 5.74) is 0. The molecular formula is C13H17NO5. The summed E-state index contributed by atoms with van der Waals surface area (Å²) in [6, 6.07) is 6.91. The monoisotopic (exact) mass is 267 g/mol. The van der Waals surface area contributed by atoms with Crippen LogP contribution in [0.1, 0.15) is 13.3 Å². The van der Waals surface area contributed by atoms with Crippen LogP contribution in [0.25, 0.3) is 0 Å². The van der Waals surface area contributed by atoms with Crippen LogP contribution in [-0.4, -0.2) is 36.7 Å². The number of benzene rings is 1. The molecule has 19 heavy (non-hydrogen) atoms. The van der Waals surface area contributed by atoms with Crippen molar-refractivity contribution in [3.05, 3.63) is 24.3 Å². The van der Waals surface area contributed by atoms with Gasteiger partial charge in [0.05, 0.1) is 13.0 Å². The minimum Gasteiger partial charge on any atom is -0.494 e. The molecule has 1 rings (SSSR count). The Morgan fingerprint density at radius 1 is 1.16 bits per heavy atom. The standard InChI is InChI=1S/C13H17NO5/c1-2-18-10-3-5-11(6-4-10)19-9-12(15)14-8-7-13(16)17/h3-6H,2,7-9H2,1H3,(H,14,15)(H,16,17). The van der Waals surface area contributed by atoms with Gasteiger partial charge in [-0.25, -0.2) is 0 Å². The van der Waals surface area contributed by atoms with E-state index in [-0.39, 0.29) is 25.5 Å². The van der Waals surface area contributed by atoms with Gasteiger partial charge in [0.25, 0.3) is 5.91 Å². The lowest BCUT2D eigenvalue weighted by molar-refractivity contribution is -0.137. The molecule has 0 bridgehead atoms. The molecule has 0 heterocycles. The molecule has 1 aromatic carbocycles. The van der Waals surface area contributed by atoms with Crippen molar-refractivity contribution < 1.29 is 24.2 Å². The van der Waals surface area contributed by atoms with Gasteiger partial charge in [-0.15, -0.1) is 0 Å². The molecule has 0 fully saturated rings. The van der Waals surface area contributed by atoms with Crippen LogP contribution in [0.3, 0.4) is 0 Å². The van der Waals surface area contributed by atoms with E-state index in [0.29, 0.717) is 12.4 Å². The molecule has 0 aromatic heterocycles. The zero-order valence-electron chi connectivity index (χ0n) is 10.7. The van der Waals surface area contributed by atoms with E-state index in [0.717, 1.165) is 5.75 Å². The molecule has 0 aliphatic rings. The van der Waals surface area contributed by atoms with Crippen molar-refractivity contribution in [3.63, 3.8) is 0 Å². The highest BCUT2D eigenvalue weighted by molar-refractivity contribution is 5.78. The van der Waals surface area contributed by atoms with Crippen LogP contribution < -0.4 is 14.8 Å². The van der Waals surface area contributed by atoms with E-state index in [1.54, 1.807) is 24.3 Å². The van der Waals surface area contributed by atoms with Gasteiger partial charge < -0.3 is 19.9 Å². The number of nitrogens with one attached hydrogen (secondary N) is 1. The summed E-state index contributed by atoms with van der Waals surface area (Å²) in [6.07, 6.45) is -0.102. The Morgan fingerprint density at radius 3 is 2.26 bits per heavy atom. The molecule has 0 atom stereocenters. The van der Waals surface area contributed by atoms with Crippen molar-refractivity contribution in [2.24, 2.45) is 0 Å². The Balaban J connectivity index is 2.27. The third-order valence-corrected chi connectivity index (χ3v) is 2.17. The molecule has 1 amide bonds. The quantitative estimate of drug-likeness (QED) is 0.735. The predicted molar refractivity (Wildman–Crippen MR) is 68.4 cm³/mol. The number of hydrogen-bond donors (Lipinski definition) is 2. The Bertz CT molecular complexity index is 416. The number of amides is 1. The fourth-order valence-corrected chi connectivity index (χ4v) is 1.31. The van der Waals surface area contributed by atoms with E-state index in [2.05, 4.69) is 5.32 Å². The molecule has 2 N–H and O–H groups in total. The van der Waals surface area contributed by atoms with E-state index < -0.39 is 5.97 Å². The highest BCUT2D eigenvalue weighted by Gasteiger charge is 2.04. The molecule has 0 saturated carbocycles. The summed E-state index contributed by atoms with van der Waals surface area (Å²) in [5, 5.41) is 10.9. The number of carboxylic acid groups (broad SMARTS) is 1. The Kier molecular flexibility index (Phi) is 6.21. The average Bonchev–Trinajstić information content (AvgIpc) is 2.38. The summed E-state index contributed by atoms with van der Waals surface area (Å²) in [5.74, 6) is -0.0135. The molecule has 0 saturated heterocycles. The molecule has 0 spiro atoms. The van der Waals surface area contributed by atoms with Crippen molar-refractivity contribution in [2.75, 3.05) is 19.8 Å². The van der Waals surface area contributed by atoms with Crippen molar-refractivity contribution >= 4 is 11.9 Å². The van der Waals surface area contributed by atoms with Crippen molar-refractivity contribution in [1.29, 1.82) is 0 Å². The lowest BCUT2D eigenvalue weighted by Crippen LogP contribution is -2.30. The zero-order chi connectivity index (χ0) is 14.1. The Hall–Kier alpha value is -2.24. The second kappa shape index (κ2) is 7.97. The minimum absolute atomic E-state index is 0.0980. The Labute approximate surface area is 111 Å². The van der Waals surface area contributed by atoms with Crippen LogP contribution in [0.5, 0.6) is 11.5 Å². The third-order valence-electron chi connectivity index (χ3n) is 2.17. The van der Waals surface area contributed by atoms with E-state index in [9.17, 15) is 9.59 Å². The summed E-state index contributed by atoms with van der Waals surface area (Å²) in [7, 11) is 0. The van der Waals surface area contributed by atoms with E-state index >= 15 is 0 Å². The van der Waals surface area contributed by atoms with Gasteiger partial charge in [-0.1, -0.05) is 0 Å². The van der Waals surface area contributed by atoms with Gasteiger partial charge >= 0.3 is 5.97 Å². The molecule has 0 radical (unpaired) electrons. The molecule has 0 unspecified atom stereocenters. The largest absolute Gasteiger partial charge is 0.494 e. The topological polar surface area (TPSA) is 84.9 Å². The second-order valence-corrected chi connectivity index (χ2v) is 3.69. The summed E-state index contributed by atoms with van der Waals surface area (Å²) < 4.78 is 10.5. The van der Waals surface area contributed by atoms with Crippen LogP contribution >= 0.6 is 0 Å². The predicted octanol–water partition coefficient (Wildman–Crippen LogP) is 1.05. The normalized spacial score (nSPS) is 9.74. The summed E-state index contributed by atoms with van der Waals surface area (Å²) >= 11 is 0. The van der Waals surface area contributed by atoms with Gasteiger partial charge in [0.1, 0.15) is 11.5 Å². The van der Waals surface area contributed by atoms with Crippen molar-refractivity contribution in [1.82, 2.24) is 5.32 Å². The molecule has 1 aromatic rings. The Morgan fingerprint density at radius 2 is 1.74 bits per heavy atom.